The number of carbonyl (C=O) groups excluding carboxylic acids is 1. The third-order valence-corrected chi connectivity index (χ3v) is 3.35. The SMILES string of the molecule is CC(C(=O)O)c1ccc(NC(=O)COCC2CC2)cc1. The molecule has 1 aromatic rings. The van der Waals surface area contributed by atoms with E-state index in [-0.39, 0.29) is 12.5 Å². The van der Waals surface area contributed by atoms with Gasteiger partial charge in [-0.05, 0) is 43.4 Å². The van der Waals surface area contributed by atoms with E-state index in [1.165, 1.54) is 12.8 Å². The molecule has 1 unspecified atom stereocenters. The molecule has 5 heteroatoms. The number of benzene rings is 1. The summed E-state index contributed by atoms with van der Waals surface area (Å²) in [5, 5.41) is 11.6. The van der Waals surface area contributed by atoms with Crippen molar-refractivity contribution in [1.29, 1.82) is 0 Å². The molecule has 2 N–H and O–H groups in total. The van der Waals surface area contributed by atoms with Gasteiger partial charge in [0.05, 0.1) is 12.5 Å². The van der Waals surface area contributed by atoms with Crippen molar-refractivity contribution in [2.75, 3.05) is 18.5 Å². The molecule has 20 heavy (non-hydrogen) atoms. The third-order valence-electron chi connectivity index (χ3n) is 3.35. The molecule has 0 spiro atoms. The summed E-state index contributed by atoms with van der Waals surface area (Å²) >= 11 is 0. The Morgan fingerprint density at radius 1 is 1.35 bits per heavy atom. The van der Waals surface area contributed by atoms with Crippen LogP contribution in [0.2, 0.25) is 0 Å². The van der Waals surface area contributed by atoms with Crippen molar-refractivity contribution < 1.29 is 19.4 Å². The highest BCUT2D eigenvalue weighted by Crippen LogP contribution is 2.28. The van der Waals surface area contributed by atoms with E-state index in [1.54, 1.807) is 31.2 Å². The van der Waals surface area contributed by atoms with Gasteiger partial charge in [-0.2, -0.15) is 0 Å². The molecule has 0 aliphatic heterocycles. The summed E-state index contributed by atoms with van der Waals surface area (Å²) in [6.45, 7) is 2.34. The first-order valence-corrected chi connectivity index (χ1v) is 6.76. The molecule has 2 rings (SSSR count). The fraction of sp³-hybridized carbons (Fsp3) is 0.467. The van der Waals surface area contributed by atoms with Crippen molar-refractivity contribution in [2.24, 2.45) is 5.92 Å². The zero-order valence-corrected chi connectivity index (χ0v) is 11.5. The number of rotatable bonds is 7. The van der Waals surface area contributed by atoms with Crippen LogP contribution in [0.4, 0.5) is 5.69 Å². The van der Waals surface area contributed by atoms with Gasteiger partial charge in [0.25, 0.3) is 0 Å². The van der Waals surface area contributed by atoms with Crippen molar-refractivity contribution in [1.82, 2.24) is 0 Å². The number of ether oxygens (including phenoxy) is 1. The van der Waals surface area contributed by atoms with Gasteiger partial charge in [-0.3, -0.25) is 9.59 Å². The second-order valence-corrected chi connectivity index (χ2v) is 5.19. The molecular weight excluding hydrogens is 258 g/mol. The van der Waals surface area contributed by atoms with Crippen LogP contribution >= 0.6 is 0 Å². The van der Waals surface area contributed by atoms with Gasteiger partial charge in [-0.1, -0.05) is 12.1 Å². The molecule has 0 radical (unpaired) electrons. The summed E-state index contributed by atoms with van der Waals surface area (Å²) in [5.41, 5.74) is 1.35. The summed E-state index contributed by atoms with van der Waals surface area (Å²) in [5.74, 6) is -0.971. The molecule has 0 heterocycles. The molecule has 0 bridgehead atoms. The van der Waals surface area contributed by atoms with Crippen molar-refractivity contribution in [3.8, 4) is 0 Å². The quantitative estimate of drug-likeness (QED) is 0.801. The molecule has 5 nitrogen and oxygen atoms in total. The van der Waals surface area contributed by atoms with Crippen LogP contribution in [0.25, 0.3) is 0 Å². The zero-order chi connectivity index (χ0) is 14.5. The molecule has 108 valence electrons. The largest absolute Gasteiger partial charge is 0.481 e. The Hall–Kier alpha value is -1.88. The first-order valence-electron chi connectivity index (χ1n) is 6.76. The van der Waals surface area contributed by atoms with Gasteiger partial charge < -0.3 is 15.2 Å². The Kier molecular flexibility index (Phi) is 4.74. The summed E-state index contributed by atoms with van der Waals surface area (Å²) < 4.78 is 5.30. The number of aliphatic carboxylic acids is 1. The minimum Gasteiger partial charge on any atom is -0.481 e. The Morgan fingerprint density at radius 2 is 2.00 bits per heavy atom. The van der Waals surface area contributed by atoms with Crippen LogP contribution in [0.15, 0.2) is 24.3 Å². The van der Waals surface area contributed by atoms with Gasteiger partial charge in [-0.15, -0.1) is 0 Å². The standard InChI is InChI=1S/C15H19NO4/c1-10(15(18)19)12-4-6-13(7-5-12)16-14(17)9-20-8-11-2-3-11/h4-7,10-11H,2-3,8-9H2,1H3,(H,16,17)(H,18,19). The monoisotopic (exact) mass is 277 g/mol. The predicted molar refractivity (Wildman–Crippen MR) is 74.7 cm³/mol. The van der Waals surface area contributed by atoms with Crippen LogP contribution < -0.4 is 5.32 Å². The summed E-state index contributed by atoms with van der Waals surface area (Å²) in [7, 11) is 0. The zero-order valence-electron chi connectivity index (χ0n) is 11.5. The van der Waals surface area contributed by atoms with E-state index in [4.69, 9.17) is 9.84 Å². The van der Waals surface area contributed by atoms with E-state index in [9.17, 15) is 9.59 Å². The number of nitrogens with one attached hydrogen (secondary N) is 1. The van der Waals surface area contributed by atoms with E-state index < -0.39 is 11.9 Å². The maximum atomic E-state index is 11.6. The van der Waals surface area contributed by atoms with Gasteiger partial charge >= 0.3 is 5.97 Å². The van der Waals surface area contributed by atoms with Crippen molar-refractivity contribution in [3.63, 3.8) is 0 Å². The normalized spacial score (nSPS) is 15.7. The van der Waals surface area contributed by atoms with Gasteiger partial charge in [-0.25, -0.2) is 0 Å². The van der Waals surface area contributed by atoms with Crippen molar-refractivity contribution >= 4 is 17.6 Å². The van der Waals surface area contributed by atoms with Crippen LogP contribution in [0, 0.1) is 5.92 Å². The first kappa shape index (κ1) is 14.5. The maximum Gasteiger partial charge on any atom is 0.310 e. The Morgan fingerprint density at radius 3 is 2.55 bits per heavy atom. The molecule has 1 aliphatic rings. The van der Waals surface area contributed by atoms with Crippen LogP contribution in [-0.4, -0.2) is 30.2 Å². The summed E-state index contributed by atoms with van der Waals surface area (Å²) in [6.07, 6.45) is 2.40. The fourth-order valence-corrected chi connectivity index (χ4v) is 1.80. The minimum atomic E-state index is -0.865. The molecule has 1 amide bonds. The number of carboxylic acid groups (broad SMARTS) is 1. The number of anilines is 1. The smallest absolute Gasteiger partial charge is 0.310 e. The van der Waals surface area contributed by atoms with Gasteiger partial charge in [0.2, 0.25) is 5.91 Å². The molecule has 0 saturated heterocycles. The maximum absolute atomic E-state index is 11.6. The van der Waals surface area contributed by atoms with Crippen LogP contribution in [0.3, 0.4) is 0 Å². The van der Waals surface area contributed by atoms with E-state index in [0.717, 1.165) is 0 Å². The highest BCUT2D eigenvalue weighted by atomic mass is 16.5. The molecule has 1 aromatic carbocycles. The van der Waals surface area contributed by atoms with E-state index in [0.29, 0.717) is 23.8 Å². The van der Waals surface area contributed by atoms with Crippen molar-refractivity contribution in [3.05, 3.63) is 29.8 Å². The van der Waals surface area contributed by atoms with Gasteiger partial charge in [0.1, 0.15) is 6.61 Å². The van der Waals surface area contributed by atoms with Crippen molar-refractivity contribution in [2.45, 2.75) is 25.7 Å². The molecule has 1 saturated carbocycles. The first-order chi connectivity index (χ1) is 9.56. The highest BCUT2D eigenvalue weighted by molar-refractivity contribution is 5.91. The lowest BCUT2D eigenvalue weighted by molar-refractivity contribution is -0.138. The predicted octanol–water partition coefficient (Wildman–Crippen LogP) is 2.24. The summed E-state index contributed by atoms with van der Waals surface area (Å²) in [6, 6.07) is 6.82. The molecule has 0 aromatic heterocycles. The number of hydrogen-bond donors (Lipinski definition) is 2. The lowest BCUT2D eigenvalue weighted by Gasteiger charge is -2.09. The minimum absolute atomic E-state index is 0.0593. The number of carboxylic acids is 1. The highest BCUT2D eigenvalue weighted by Gasteiger charge is 2.21. The van der Waals surface area contributed by atoms with E-state index >= 15 is 0 Å². The number of hydrogen-bond acceptors (Lipinski definition) is 3. The average molecular weight is 277 g/mol. The third kappa shape index (κ3) is 4.35. The van der Waals surface area contributed by atoms with Crippen LogP contribution in [-0.2, 0) is 14.3 Å². The van der Waals surface area contributed by atoms with E-state index in [2.05, 4.69) is 5.32 Å². The van der Waals surface area contributed by atoms with Gasteiger partial charge in [0, 0.05) is 5.69 Å². The Bertz CT molecular complexity index is 479. The topological polar surface area (TPSA) is 75.6 Å². The lowest BCUT2D eigenvalue weighted by Crippen LogP contribution is -2.19. The molecular formula is C15H19NO4. The van der Waals surface area contributed by atoms with Crippen LogP contribution in [0.5, 0.6) is 0 Å². The average Bonchev–Trinajstić information content (AvgIpc) is 3.23. The number of amides is 1. The molecule has 1 atom stereocenters. The lowest BCUT2D eigenvalue weighted by atomic mass is 10.0. The second-order valence-electron chi connectivity index (χ2n) is 5.19. The molecule has 1 aliphatic carbocycles. The Labute approximate surface area is 117 Å². The number of carbonyl (C=O) groups is 2. The van der Waals surface area contributed by atoms with Crippen LogP contribution in [0.1, 0.15) is 31.2 Å². The molecule has 1 fully saturated rings. The summed E-state index contributed by atoms with van der Waals surface area (Å²) in [4.78, 5) is 22.5. The fourth-order valence-electron chi connectivity index (χ4n) is 1.80. The van der Waals surface area contributed by atoms with E-state index in [1.807, 2.05) is 0 Å². The van der Waals surface area contributed by atoms with Gasteiger partial charge in [0.15, 0.2) is 0 Å². The Balaban J connectivity index is 1.79. The second kappa shape index (κ2) is 6.52.